The van der Waals surface area contributed by atoms with Gasteiger partial charge in [-0.15, -0.1) is 0 Å². The largest absolute Gasteiger partial charge is 0.327 e. The van der Waals surface area contributed by atoms with Gasteiger partial charge in [-0.1, -0.05) is 0 Å². The fourth-order valence-electron chi connectivity index (χ4n) is 2.34. The third kappa shape index (κ3) is 2.93. The van der Waals surface area contributed by atoms with E-state index in [2.05, 4.69) is 9.71 Å². The lowest BCUT2D eigenvalue weighted by Gasteiger charge is -2.14. The molecule has 3 rings (SSSR count). The highest BCUT2D eigenvalue weighted by Gasteiger charge is 2.30. The van der Waals surface area contributed by atoms with Gasteiger partial charge in [0.1, 0.15) is 5.69 Å². The molecule has 1 aromatic heterocycles. The fraction of sp³-hybridized carbons (Fsp3) is 0.133. The maximum Gasteiger partial charge on any atom is 0.272 e. The van der Waals surface area contributed by atoms with Crippen molar-refractivity contribution < 1.29 is 18.0 Å². The van der Waals surface area contributed by atoms with Crippen LogP contribution in [0.25, 0.3) is 0 Å². The smallest absolute Gasteiger partial charge is 0.272 e. The van der Waals surface area contributed by atoms with E-state index < -0.39 is 15.6 Å². The summed E-state index contributed by atoms with van der Waals surface area (Å²) in [5.74, 6) is -0.630. The number of benzene rings is 1. The molecule has 1 aliphatic rings. The number of nitrogens with one attached hydrogen (secondary N) is 2. The second-order valence-electron chi connectivity index (χ2n) is 5.14. The number of rotatable bonds is 4. The summed E-state index contributed by atoms with van der Waals surface area (Å²) in [6, 6.07) is 8.14. The summed E-state index contributed by atoms with van der Waals surface area (Å²) >= 11 is 0. The summed E-state index contributed by atoms with van der Waals surface area (Å²) in [6.07, 6.45) is 1.69. The van der Waals surface area contributed by atoms with Crippen LogP contribution in [0.4, 0.5) is 11.4 Å². The Morgan fingerprint density at radius 2 is 1.58 bits per heavy atom. The Kier molecular flexibility index (Phi) is 3.94. The number of aromatic nitrogens is 1. The van der Waals surface area contributed by atoms with E-state index in [1.807, 2.05) is 0 Å². The molecular weight excluding hydrogens is 334 g/mol. The Bertz CT molecular complexity index is 947. The van der Waals surface area contributed by atoms with Crippen molar-refractivity contribution in [2.24, 2.45) is 0 Å². The minimum Gasteiger partial charge on any atom is -0.327 e. The molecular formula is C15H13N3O5S. The molecule has 0 bridgehead atoms. The molecule has 0 saturated carbocycles. The third-order valence-corrected chi connectivity index (χ3v) is 4.90. The van der Waals surface area contributed by atoms with E-state index in [9.17, 15) is 22.8 Å². The van der Waals surface area contributed by atoms with Crippen molar-refractivity contribution in [2.75, 3.05) is 9.62 Å². The molecule has 1 saturated heterocycles. The van der Waals surface area contributed by atoms with Crippen molar-refractivity contribution in [3.05, 3.63) is 52.9 Å². The first-order valence-electron chi connectivity index (χ1n) is 7.05. The zero-order valence-electron chi connectivity index (χ0n) is 12.4. The lowest BCUT2D eigenvalue weighted by molar-refractivity contribution is -0.121. The van der Waals surface area contributed by atoms with Crippen LogP contribution in [0.2, 0.25) is 0 Å². The molecule has 2 N–H and O–H groups in total. The van der Waals surface area contributed by atoms with Crippen LogP contribution in [-0.2, 0) is 19.6 Å². The van der Waals surface area contributed by atoms with Crippen molar-refractivity contribution in [1.82, 2.24) is 4.98 Å². The van der Waals surface area contributed by atoms with Gasteiger partial charge < -0.3 is 4.98 Å². The normalized spacial score (nSPS) is 14.9. The number of hydrogen-bond donors (Lipinski definition) is 2. The van der Waals surface area contributed by atoms with Crippen LogP contribution in [0.1, 0.15) is 12.8 Å². The lowest BCUT2D eigenvalue weighted by atomic mass is 10.3. The van der Waals surface area contributed by atoms with Crippen LogP contribution >= 0.6 is 0 Å². The molecule has 1 aromatic carbocycles. The zero-order chi connectivity index (χ0) is 17.3. The standard InChI is InChI=1S/C15H13N3O5S/c19-13-7-8-14(20)18(13)10-3-5-11(6-4-10)24(22,23)17-12-2-1-9-16-15(12)21/h1-6,9,17H,7-8H2,(H,16,21). The van der Waals surface area contributed by atoms with Gasteiger partial charge in [-0.2, -0.15) is 0 Å². The number of H-pyrrole nitrogens is 1. The number of anilines is 2. The average Bonchev–Trinajstić information content (AvgIpc) is 2.88. The van der Waals surface area contributed by atoms with Crippen LogP contribution in [0.3, 0.4) is 0 Å². The summed E-state index contributed by atoms with van der Waals surface area (Å²) in [5, 5.41) is 0. The number of aromatic amines is 1. The number of carbonyl (C=O) groups excluding carboxylic acids is 2. The summed E-state index contributed by atoms with van der Waals surface area (Å²) in [4.78, 5) is 38.2. The number of carbonyl (C=O) groups is 2. The molecule has 9 heteroatoms. The van der Waals surface area contributed by atoms with Gasteiger partial charge in [-0.25, -0.2) is 8.42 Å². The Hall–Kier alpha value is -2.94. The van der Waals surface area contributed by atoms with E-state index in [0.717, 1.165) is 4.90 Å². The molecule has 0 aliphatic carbocycles. The minimum atomic E-state index is -3.96. The number of hydrogen-bond acceptors (Lipinski definition) is 5. The van der Waals surface area contributed by atoms with Gasteiger partial charge in [0.15, 0.2) is 0 Å². The Morgan fingerprint density at radius 3 is 2.17 bits per heavy atom. The van der Waals surface area contributed by atoms with Gasteiger partial charge in [0.25, 0.3) is 15.6 Å². The van der Waals surface area contributed by atoms with Gasteiger partial charge in [0, 0.05) is 19.0 Å². The summed E-state index contributed by atoms with van der Waals surface area (Å²) in [5.41, 5.74) is -0.351. The second-order valence-corrected chi connectivity index (χ2v) is 6.82. The molecule has 24 heavy (non-hydrogen) atoms. The Morgan fingerprint density at radius 1 is 0.958 bits per heavy atom. The molecule has 2 heterocycles. The third-order valence-electron chi connectivity index (χ3n) is 3.52. The maximum absolute atomic E-state index is 12.3. The van der Waals surface area contributed by atoms with Crippen LogP contribution in [0, 0.1) is 0 Å². The van der Waals surface area contributed by atoms with Crippen molar-refractivity contribution in [3.63, 3.8) is 0 Å². The van der Waals surface area contributed by atoms with Gasteiger partial charge in [0.2, 0.25) is 11.8 Å². The molecule has 2 aromatic rings. The highest BCUT2D eigenvalue weighted by molar-refractivity contribution is 7.92. The molecule has 8 nitrogen and oxygen atoms in total. The number of nitrogens with zero attached hydrogens (tertiary/aromatic N) is 1. The van der Waals surface area contributed by atoms with E-state index in [1.54, 1.807) is 0 Å². The summed E-state index contributed by atoms with van der Waals surface area (Å²) in [6.45, 7) is 0. The SMILES string of the molecule is O=C1CCC(=O)N1c1ccc(S(=O)(=O)Nc2ccc[nH]c2=O)cc1. The van der Waals surface area contributed by atoms with Gasteiger partial charge in [-0.05, 0) is 36.4 Å². The summed E-state index contributed by atoms with van der Waals surface area (Å²) < 4.78 is 26.8. The molecule has 0 spiro atoms. The monoisotopic (exact) mass is 347 g/mol. The first-order chi connectivity index (χ1) is 11.4. The topological polar surface area (TPSA) is 116 Å². The van der Waals surface area contributed by atoms with Crippen molar-refractivity contribution in [3.8, 4) is 0 Å². The van der Waals surface area contributed by atoms with Gasteiger partial charge >= 0.3 is 0 Å². The van der Waals surface area contributed by atoms with Crippen molar-refractivity contribution >= 4 is 33.2 Å². The molecule has 0 atom stereocenters. The molecule has 0 unspecified atom stereocenters. The number of imide groups is 1. The number of pyridine rings is 1. The molecule has 0 radical (unpaired) electrons. The van der Waals surface area contributed by atoms with Crippen LogP contribution in [0.5, 0.6) is 0 Å². The minimum absolute atomic E-state index is 0.0893. The van der Waals surface area contributed by atoms with E-state index >= 15 is 0 Å². The quantitative estimate of drug-likeness (QED) is 0.795. The van der Waals surface area contributed by atoms with Crippen molar-refractivity contribution in [1.29, 1.82) is 0 Å². The van der Waals surface area contributed by atoms with E-state index in [4.69, 9.17) is 0 Å². The van der Waals surface area contributed by atoms with Crippen LogP contribution < -0.4 is 15.2 Å². The Balaban J connectivity index is 1.87. The highest BCUT2D eigenvalue weighted by Crippen LogP contribution is 2.24. The first-order valence-corrected chi connectivity index (χ1v) is 8.53. The summed E-state index contributed by atoms with van der Waals surface area (Å²) in [7, 11) is -3.96. The van der Waals surface area contributed by atoms with E-state index in [-0.39, 0.29) is 35.2 Å². The average molecular weight is 347 g/mol. The van der Waals surface area contributed by atoms with E-state index in [0.29, 0.717) is 5.69 Å². The number of sulfonamides is 1. The molecule has 1 aliphatic heterocycles. The van der Waals surface area contributed by atoms with Crippen LogP contribution in [-0.4, -0.2) is 25.2 Å². The second kappa shape index (κ2) is 5.93. The van der Waals surface area contributed by atoms with Gasteiger partial charge in [-0.3, -0.25) is 24.0 Å². The zero-order valence-corrected chi connectivity index (χ0v) is 13.2. The molecule has 124 valence electrons. The molecule has 1 fully saturated rings. The Labute approximate surface area is 137 Å². The fourth-order valence-corrected chi connectivity index (χ4v) is 3.41. The highest BCUT2D eigenvalue weighted by atomic mass is 32.2. The maximum atomic E-state index is 12.3. The van der Waals surface area contributed by atoms with Crippen molar-refractivity contribution in [2.45, 2.75) is 17.7 Å². The van der Waals surface area contributed by atoms with Gasteiger partial charge in [0.05, 0.1) is 10.6 Å². The predicted octanol–water partition coefficient (Wildman–Crippen LogP) is 0.829. The van der Waals surface area contributed by atoms with Crippen LogP contribution in [0.15, 0.2) is 52.3 Å². The predicted molar refractivity (Wildman–Crippen MR) is 86.0 cm³/mol. The van der Waals surface area contributed by atoms with E-state index in [1.165, 1.54) is 42.6 Å². The first kappa shape index (κ1) is 15.9. The molecule has 2 amide bonds. The lowest BCUT2D eigenvalue weighted by Crippen LogP contribution is -2.28. The number of amides is 2.